The van der Waals surface area contributed by atoms with Crippen LogP contribution in [0.2, 0.25) is 5.02 Å². The van der Waals surface area contributed by atoms with Crippen molar-refractivity contribution in [1.82, 2.24) is 9.97 Å². The Bertz CT molecular complexity index is 969. The van der Waals surface area contributed by atoms with Gasteiger partial charge in [0.2, 0.25) is 0 Å². The van der Waals surface area contributed by atoms with Crippen molar-refractivity contribution in [3.05, 3.63) is 40.2 Å². The summed E-state index contributed by atoms with van der Waals surface area (Å²) in [6.07, 6.45) is 2.25. The Morgan fingerprint density at radius 2 is 2.09 bits per heavy atom. The minimum absolute atomic E-state index is 0.0226. The molecule has 0 saturated carbocycles. The van der Waals surface area contributed by atoms with Crippen LogP contribution in [0.25, 0.3) is 21.8 Å². The molecule has 2 aromatic heterocycles. The van der Waals surface area contributed by atoms with Crippen molar-refractivity contribution in [2.75, 3.05) is 0 Å². The Hall–Kier alpha value is -1.87. The molecular weight excluding hydrogens is 308 g/mol. The average molecular weight is 327 g/mol. The third-order valence-corrected chi connectivity index (χ3v) is 4.99. The lowest BCUT2D eigenvalue weighted by Crippen LogP contribution is -2.28. The molecule has 0 atom stereocenters. The van der Waals surface area contributed by atoms with Crippen molar-refractivity contribution in [3.8, 4) is 0 Å². The van der Waals surface area contributed by atoms with Gasteiger partial charge in [-0.05, 0) is 30.4 Å². The molecule has 0 bridgehead atoms. The van der Waals surface area contributed by atoms with Crippen LogP contribution in [-0.4, -0.2) is 15.8 Å². The highest BCUT2D eigenvalue weighted by Crippen LogP contribution is 2.40. The minimum atomic E-state index is -0.0226. The fourth-order valence-corrected chi connectivity index (χ4v) is 3.96. The summed E-state index contributed by atoms with van der Waals surface area (Å²) in [5.41, 5.74) is 4.71. The number of halogens is 1. The normalized spacial score (nSPS) is 17.0. The van der Waals surface area contributed by atoms with Gasteiger partial charge < -0.3 is 4.98 Å². The van der Waals surface area contributed by atoms with E-state index in [1.807, 2.05) is 18.2 Å². The number of ketones is 1. The molecule has 3 aromatic rings. The van der Waals surface area contributed by atoms with Gasteiger partial charge in [0.25, 0.3) is 0 Å². The summed E-state index contributed by atoms with van der Waals surface area (Å²) in [4.78, 5) is 21.1. The molecule has 0 amide bonds. The van der Waals surface area contributed by atoms with Gasteiger partial charge in [-0.1, -0.05) is 38.4 Å². The van der Waals surface area contributed by atoms with Crippen LogP contribution in [0.4, 0.5) is 0 Å². The first kappa shape index (κ1) is 14.7. The number of carbonyl (C=O) groups excluding carboxylic acids is 1. The van der Waals surface area contributed by atoms with E-state index in [-0.39, 0.29) is 11.2 Å². The summed E-state index contributed by atoms with van der Waals surface area (Å²) in [5, 5.41) is 2.78. The molecule has 4 heteroatoms. The molecule has 4 rings (SSSR count). The van der Waals surface area contributed by atoms with E-state index in [1.54, 1.807) is 0 Å². The van der Waals surface area contributed by atoms with Crippen molar-refractivity contribution >= 4 is 39.2 Å². The Labute approximate surface area is 140 Å². The van der Waals surface area contributed by atoms with Crippen LogP contribution in [0.1, 0.15) is 48.9 Å². The van der Waals surface area contributed by atoms with Crippen LogP contribution in [-0.2, 0) is 12.8 Å². The summed E-state index contributed by atoms with van der Waals surface area (Å²) in [6.45, 7) is 6.38. The third kappa shape index (κ3) is 2.18. The van der Waals surface area contributed by atoms with Gasteiger partial charge in [-0.25, -0.2) is 0 Å². The van der Waals surface area contributed by atoms with E-state index in [0.29, 0.717) is 11.4 Å². The van der Waals surface area contributed by atoms with Gasteiger partial charge in [0.1, 0.15) is 0 Å². The summed E-state index contributed by atoms with van der Waals surface area (Å²) in [5.74, 6) is 0.201. The number of aromatic amines is 1. The molecule has 0 unspecified atom stereocenters. The van der Waals surface area contributed by atoms with E-state index in [2.05, 4.69) is 25.8 Å². The first-order valence-electron chi connectivity index (χ1n) is 8.05. The lowest BCUT2D eigenvalue weighted by molar-refractivity contribution is 0.0912. The van der Waals surface area contributed by atoms with Gasteiger partial charge in [0.05, 0.1) is 16.9 Å². The Morgan fingerprint density at radius 3 is 2.83 bits per heavy atom. The molecule has 1 aliphatic rings. The number of Topliss-reactive ketones (excluding diaryl/α,β-unsaturated/α-hetero) is 1. The molecule has 0 radical (unpaired) electrons. The van der Waals surface area contributed by atoms with E-state index in [9.17, 15) is 4.79 Å². The zero-order valence-electron chi connectivity index (χ0n) is 13.6. The second-order valence-electron chi connectivity index (χ2n) is 7.24. The van der Waals surface area contributed by atoms with Crippen LogP contribution >= 0.6 is 11.6 Å². The third-order valence-electron chi connectivity index (χ3n) is 4.76. The molecule has 0 aliphatic heterocycles. The van der Waals surface area contributed by atoms with Gasteiger partial charge in [0, 0.05) is 33.3 Å². The van der Waals surface area contributed by atoms with Crippen LogP contribution in [0.3, 0.4) is 0 Å². The highest BCUT2D eigenvalue weighted by Gasteiger charge is 2.34. The molecule has 0 spiro atoms. The van der Waals surface area contributed by atoms with E-state index >= 15 is 0 Å². The number of nitrogens with one attached hydrogen (secondary N) is 1. The number of H-pyrrole nitrogens is 1. The molecule has 1 N–H and O–H groups in total. The van der Waals surface area contributed by atoms with Crippen LogP contribution < -0.4 is 0 Å². The zero-order valence-corrected chi connectivity index (χ0v) is 14.3. The predicted molar refractivity (Wildman–Crippen MR) is 94.4 cm³/mol. The molecule has 0 saturated heterocycles. The van der Waals surface area contributed by atoms with Gasteiger partial charge in [-0.2, -0.15) is 0 Å². The van der Waals surface area contributed by atoms with E-state index in [0.717, 1.165) is 51.6 Å². The molecular formula is C19H19ClN2O. The number of hydrogen-bond acceptors (Lipinski definition) is 2. The number of benzene rings is 1. The Kier molecular flexibility index (Phi) is 3.08. The summed E-state index contributed by atoms with van der Waals surface area (Å²) in [7, 11) is 0. The Morgan fingerprint density at radius 1 is 1.30 bits per heavy atom. The summed E-state index contributed by atoms with van der Waals surface area (Å²) in [6, 6.07) is 5.80. The van der Waals surface area contributed by atoms with Crippen molar-refractivity contribution in [2.24, 2.45) is 5.41 Å². The number of aryl methyl sites for hydroxylation is 1. The maximum Gasteiger partial charge on any atom is 0.165 e. The SMILES string of the molecule is CCc1nc2c(c3c1[nH]c1cc(Cl)ccc13)C(=O)CC(C)(C)C2. The second-order valence-corrected chi connectivity index (χ2v) is 7.68. The number of nitrogens with zero attached hydrogens (tertiary/aromatic N) is 1. The standard InChI is InChI=1S/C19H19ClN2O/c1-4-12-18-16(11-6-5-10(20)7-13(11)22-18)17-14(21-12)8-19(2,3)9-15(17)23/h5-7,22H,4,8-9H2,1-3H3. The molecule has 23 heavy (non-hydrogen) atoms. The Balaban J connectivity index is 2.16. The molecule has 2 heterocycles. The number of carbonyl (C=O) groups is 1. The van der Waals surface area contributed by atoms with E-state index in [4.69, 9.17) is 16.6 Å². The van der Waals surface area contributed by atoms with Gasteiger partial charge in [-0.3, -0.25) is 9.78 Å². The summed E-state index contributed by atoms with van der Waals surface area (Å²) >= 11 is 6.13. The highest BCUT2D eigenvalue weighted by molar-refractivity contribution is 6.32. The second kappa shape index (κ2) is 4.81. The number of rotatable bonds is 1. The zero-order chi connectivity index (χ0) is 16.4. The van der Waals surface area contributed by atoms with Crippen molar-refractivity contribution in [3.63, 3.8) is 0 Å². The number of hydrogen-bond donors (Lipinski definition) is 1. The van der Waals surface area contributed by atoms with Crippen molar-refractivity contribution in [2.45, 2.75) is 40.0 Å². The number of pyridine rings is 1. The van der Waals surface area contributed by atoms with Gasteiger partial charge in [-0.15, -0.1) is 0 Å². The van der Waals surface area contributed by atoms with Crippen LogP contribution in [0.15, 0.2) is 18.2 Å². The fourth-order valence-electron chi connectivity index (χ4n) is 3.79. The molecule has 1 aliphatic carbocycles. The maximum absolute atomic E-state index is 12.8. The predicted octanol–water partition coefficient (Wildman–Crippen LogP) is 5.09. The smallest absolute Gasteiger partial charge is 0.165 e. The topological polar surface area (TPSA) is 45.8 Å². The number of aromatic nitrogens is 2. The average Bonchev–Trinajstić information content (AvgIpc) is 2.82. The first-order valence-corrected chi connectivity index (χ1v) is 8.43. The van der Waals surface area contributed by atoms with Gasteiger partial charge >= 0.3 is 0 Å². The fraction of sp³-hybridized carbons (Fsp3) is 0.368. The molecule has 1 aromatic carbocycles. The minimum Gasteiger partial charge on any atom is -0.353 e. The number of fused-ring (bicyclic) bond motifs is 5. The van der Waals surface area contributed by atoms with Crippen LogP contribution in [0, 0.1) is 5.41 Å². The monoisotopic (exact) mass is 326 g/mol. The van der Waals surface area contributed by atoms with Gasteiger partial charge in [0.15, 0.2) is 5.78 Å². The molecule has 0 fully saturated rings. The van der Waals surface area contributed by atoms with Crippen molar-refractivity contribution in [1.29, 1.82) is 0 Å². The van der Waals surface area contributed by atoms with Crippen molar-refractivity contribution < 1.29 is 4.79 Å². The van der Waals surface area contributed by atoms with E-state index < -0.39 is 0 Å². The molecule has 3 nitrogen and oxygen atoms in total. The maximum atomic E-state index is 12.8. The van der Waals surface area contributed by atoms with E-state index in [1.165, 1.54) is 0 Å². The lowest BCUT2D eigenvalue weighted by Gasteiger charge is -2.30. The highest BCUT2D eigenvalue weighted by atomic mass is 35.5. The van der Waals surface area contributed by atoms with Crippen LogP contribution in [0.5, 0.6) is 0 Å². The lowest BCUT2D eigenvalue weighted by atomic mass is 9.74. The quantitative estimate of drug-likeness (QED) is 0.677. The molecule has 118 valence electrons. The first-order chi connectivity index (χ1) is 10.9. The largest absolute Gasteiger partial charge is 0.353 e. The summed E-state index contributed by atoms with van der Waals surface area (Å²) < 4.78 is 0.